The van der Waals surface area contributed by atoms with Gasteiger partial charge in [-0.1, -0.05) is 13.8 Å². The summed E-state index contributed by atoms with van der Waals surface area (Å²) in [5.41, 5.74) is -0.0447. The van der Waals surface area contributed by atoms with Gasteiger partial charge in [0.1, 0.15) is 6.54 Å². The van der Waals surface area contributed by atoms with E-state index in [1.807, 2.05) is 0 Å². The summed E-state index contributed by atoms with van der Waals surface area (Å²) in [7, 11) is 0. The lowest BCUT2D eigenvalue weighted by atomic mass is 10.0. The van der Waals surface area contributed by atoms with Crippen molar-refractivity contribution in [3.63, 3.8) is 0 Å². The average molecular weight is 281 g/mol. The maximum atomic E-state index is 12.5. The molecule has 1 heterocycles. The second-order valence-electron chi connectivity index (χ2n) is 4.33. The van der Waals surface area contributed by atoms with Gasteiger partial charge in [-0.3, -0.25) is 4.79 Å². The number of rotatable bonds is 4. The van der Waals surface area contributed by atoms with Crippen molar-refractivity contribution < 1.29 is 18.0 Å². The monoisotopic (exact) mass is 281 g/mol. The van der Waals surface area contributed by atoms with Crippen LogP contribution in [0.5, 0.6) is 0 Å². The Morgan fingerprint density at radius 1 is 1.44 bits per heavy atom. The Kier molecular flexibility index (Phi) is 4.66. The number of alkyl halides is 3. The fourth-order valence-corrected chi connectivity index (χ4v) is 1.77. The minimum atomic E-state index is -4.43. The van der Waals surface area contributed by atoms with E-state index >= 15 is 0 Å². The Hall–Kier alpha value is -1.18. The Bertz CT molecular complexity index is 392. The van der Waals surface area contributed by atoms with Crippen LogP contribution in [0.4, 0.5) is 13.2 Å². The van der Waals surface area contributed by atoms with Crippen LogP contribution in [0.2, 0.25) is 0 Å². The molecule has 0 radical (unpaired) electrons. The molecule has 1 amide bonds. The van der Waals surface area contributed by atoms with E-state index in [1.165, 1.54) is 6.20 Å². The first-order valence-electron chi connectivity index (χ1n) is 5.37. The van der Waals surface area contributed by atoms with E-state index in [0.29, 0.717) is 0 Å². The minimum absolute atomic E-state index is 0.0447. The summed E-state index contributed by atoms with van der Waals surface area (Å²) < 4.78 is 44.8. The molecule has 1 atom stereocenters. The molecule has 0 aromatic carbocycles. The number of hydrogen-bond acceptors (Lipinski definition) is 4. The van der Waals surface area contributed by atoms with Crippen LogP contribution in [0, 0.1) is 5.92 Å². The van der Waals surface area contributed by atoms with E-state index < -0.39 is 24.7 Å². The Morgan fingerprint density at radius 2 is 2.06 bits per heavy atom. The zero-order valence-corrected chi connectivity index (χ0v) is 11.0. The highest BCUT2D eigenvalue weighted by atomic mass is 32.1. The molecule has 4 nitrogen and oxygen atoms in total. The van der Waals surface area contributed by atoms with Crippen LogP contribution in [-0.4, -0.2) is 38.3 Å². The SMILES string of the molecule is CC(C)C(C)N(CC(F)(F)F)C(=O)c1cnsn1. The van der Waals surface area contributed by atoms with Crippen molar-refractivity contribution in [2.24, 2.45) is 5.92 Å². The van der Waals surface area contributed by atoms with Gasteiger partial charge < -0.3 is 4.90 Å². The zero-order chi connectivity index (χ0) is 13.9. The van der Waals surface area contributed by atoms with Crippen LogP contribution in [0.25, 0.3) is 0 Å². The van der Waals surface area contributed by atoms with Crippen LogP contribution in [0.1, 0.15) is 31.3 Å². The van der Waals surface area contributed by atoms with Crippen LogP contribution in [0.15, 0.2) is 6.20 Å². The summed E-state index contributed by atoms with van der Waals surface area (Å²) in [6.07, 6.45) is -3.24. The molecule has 0 spiro atoms. The summed E-state index contributed by atoms with van der Waals surface area (Å²) in [4.78, 5) is 12.8. The van der Waals surface area contributed by atoms with Gasteiger partial charge in [-0.2, -0.15) is 21.9 Å². The maximum absolute atomic E-state index is 12.5. The highest BCUT2D eigenvalue weighted by Crippen LogP contribution is 2.22. The highest BCUT2D eigenvalue weighted by molar-refractivity contribution is 6.99. The quantitative estimate of drug-likeness (QED) is 0.852. The van der Waals surface area contributed by atoms with Crippen molar-refractivity contribution in [2.75, 3.05) is 6.54 Å². The molecule has 1 unspecified atom stereocenters. The number of carbonyl (C=O) groups is 1. The predicted octanol–water partition coefficient (Wildman–Crippen LogP) is 2.59. The molecule has 0 bridgehead atoms. The van der Waals surface area contributed by atoms with Crippen molar-refractivity contribution in [1.29, 1.82) is 0 Å². The second kappa shape index (κ2) is 5.64. The molecular weight excluding hydrogens is 267 g/mol. The molecule has 18 heavy (non-hydrogen) atoms. The highest BCUT2D eigenvalue weighted by Gasteiger charge is 2.36. The molecule has 1 aromatic heterocycles. The topological polar surface area (TPSA) is 46.1 Å². The first-order chi connectivity index (χ1) is 8.22. The predicted molar refractivity (Wildman–Crippen MR) is 61.3 cm³/mol. The Balaban J connectivity index is 2.94. The lowest BCUT2D eigenvalue weighted by Gasteiger charge is -2.31. The Labute approximate surface area is 107 Å². The van der Waals surface area contributed by atoms with Gasteiger partial charge in [0.15, 0.2) is 5.69 Å². The molecule has 1 rings (SSSR count). The van der Waals surface area contributed by atoms with Crippen LogP contribution in [0.3, 0.4) is 0 Å². The van der Waals surface area contributed by atoms with E-state index in [2.05, 4.69) is 8.75 Å². The third-order valence-corrected chi connectivity index (χ3v) is 3.13. The maximum Gasteiger partial charge on any atom is 0.406 e. The van der Waals surface area contributed by atoms with E-state index in [9.17, 15) is 18.0 Å². The summed E-state index contributed by atoms with van der Waals surface area (Å²) in [6.45, 7) is 3.85. The normalized spacial score (nSPS) is 13.7. The lowest BCUT2D eigenvalue weighted by Crippen LogP contribution is -2.46. The van der Waals surface area contributed by atoms with Gasteiger partial charge in [0, 0.05) is 6.04 Å². The first-order valence-corrected chi connectivity index (χ1v) is 6.10. The lowest BCUT2D eigenvalue weighted by molar-refractivity contribution is -0.145. The van der Waals surface area contributed by atoms with E-state index in [-0.39, 0.29) is 11.6 Å². The molecular formula is C10H14F3N3OS. The zero-order valence-electron chi connectivity index (χ0n) is 10.2. The number of hydrogen-bond donors (Lipinski definition) is 0. The van der Waals surface area contributed by atoms with Crippen LogP contribution >= 0.6 is 11.7 Å². The number of carbonyl (C=O) groups excluding carboxylic acids is 1. The molecule has 8 heteroatoms. The van der Waals surface area contributed by atoms with Gasteiger partial charge in [0.2, 0.25) is 0 Å². The fourth-order valence-electron chi connectivity index (χ4n) is 1.36. The second-order valence-corrected chi connectivity index (χ2v) is 4.88. The molecule has 0 N–H and O–H groups in total. The minimum Gasteiger partial charge on any atom is -0.325 e. The molecule has 0 aliphatic carbocycles. The van der Waals surface area contributed by atoms with Crippen LogP contribution < -0.4 is 0 Å². The molecule has 0 saturated heterocycles. The van der Waals surface area contributed by atoms with Crippen molar-refractivity contribution in [1.82, 2.24) is 13.6 Å². The van der Waals surface area contributed by atoms with Gasteiger partial charge in [-0.15, -0.1) is 0 Å². The van der Waals surface area contributed by atoms with Gasteiger partial charge in [0.05, 0.1) is 17.9 Å². The van der Waals surface area contributed by atoms with E-state index in [1.54, 1.807) is 20.8 Å². The summed E-state index contributed by atoms with van der Waals surface area (Å²) in [5, 5.41) is 0. The standard InChI is InChI=1S/C10H14F3N3OS/c1-6(2)7(3)16(5-10(11,12)13)9(17)8-4-14-18-15-8/h4,6-7H,5H2,1-3H3. The first kappa shape index (κ1) is 14.9. The number of amides is 1. The van der Waals surface area contributed by atoms with Gasteiger partial charge in [0.25, 0.3) is 5.91 Å². The van der Waals surface area contributed by atoms with Gasteiger partial charge in [-0.05, 0) is 12.8 Å². The molecule has 1 aromatic rings. The van der Waals surface area contributed by atoms with Crippen molar-refractivity contribution in [3.05, 3.63) is 11.9 Å². The summed E-state index contributed by atoms with van der Waals surface area (Å²) >= 11 is 0.795. The number of nitrogens with zero attached hydrogens (tertiary/aromatic N) is 3. The number of halogens is 3. The molecule has 0 aliphatic heterocycles. The fraction of sp³-hybridized carbons (Fsp3) is 0.700. The smallest absolute Gasteiger partial charge is 0.325 e. The molecule has 0 aliphatic rings. The molecule has 0 saturated carbocycles. The van der Waals surface area contributed by atoms with Crippen molar-refractivity contribution in [3.8, 4) is 0 Å². The summed E-state index contributed by atoms with van der Waals surface area (Å²) in [5.74, 6) is -0.815. The van der Waals surface area contributed by atoms with Gasteiger partial charge in [-0.25, -0.2) is 0 Å². The van der Waals surface area contributed by atoms with E-state index in [0.717, 1.165) is 16.6 Å². The third kappa shape index (κ3) is 3.94. The van der Waals surface area contributed by atoms with Crippen molar-refractivity contribution >= 4 is 17.6 Å². The molecule has 102 valence electrons. The summed E-state index contributed by atoms with van der Waals surface area (Å²) in [6, 6.07) is -0.527. The van der Waals surface area contributed by atoms with Crippen LogP contribution in [-0.2, 0) is 0 Å². The average Bonchev–Trinajstić information content (AvgIpc) is 2.75. The third-order valence-electron chi connectivity index (χ3n) is 2.65. The largest absolute Gasteiger partial charge is 0.406 e. The molecule has 0 fully saturated rings. The van der Waals surface area contributed by atoms with Gasteiger partial charge >= 0.3 is 6.18 Å². The van der Waals surface area contributed by atoms with E-state index in [4.69, 9.17) is 0 Å². The number of aromatic nitrogens is 2. The van der Waals surface area contributed by atoms with Crippen molar-refractivity contribution in [2.45, 2.75) is 33.0 Å². The Morgan fingerprint density at radius 3 is 2.44 bits per heavy atom.